The van der Waals surface area contributed by atoms with Crippen LogP contribution in [-0.2, 0) is 4.74 Å². The fraction of sp³-hybridized carbons (Fsp3) is 0.323. The number of carbonyl (C=O) groups is 3. The summed E-state index contributed by atoms with van der Waals surface area (Å²) in [5.74, 6) is 0.618. The lowest BCUT2D eigenvalue weighted by atomic mass is 9.99. The van der Waals surface area contributed by atoms with Crippen LogP contribution in [0, 0.1) is 0 Å². The molecular formula is C31H37N3O7. The molecule has 0 radical (unpaired) electrons. The average molecular weight is 564 g/mol. The van der Waals surface area contributed by atoms with Gasteiger partial charge in [-0.25, -0.2) is 4.79 Å². The number of nitrogens with one attached hydrogen (secondary N) is 2. The van der Waals surface area contributed by atoms with Gasteiger partial charge in [-0.15, -0.1) is 0 Å². The molecule has 3 rings (SSSR count). The van der Waals surface area contributed by atoms with Crippen LogP contribution >= 0.6 is 0 Å². The topological polar surface area (TPSA) is 138 Å². The summed E-state index contributed by atoms with van der Waals surface area (Å²) in [6, 6.07) is 16.3. The van der Waals surface area contributed by atoms with Gasteiger partial charge >= 0.3 is 6.09 Å². The minimum Gasteiger partial charge on any atom is -0.497 e. The second kappa shape index (κ2) is 14.1. The number of rotatable bonds is 12. The van der Waals surface area contributed by atoms with E-state index >= 15 is 0 Å². The van der Waals surface area contributed by atoms with Crippen molar-refractivity contribution in [2.24, 2.45) is 0 Å². The number of ketones is 1. The first-order chi connectivity index (χ1) is 19.5. The number of nitrogens with two attached hydrogens (primary N) is 1. The number of anilines is 2. The van der Waals surface area contributed by atoms with Gasteiger partial charge in [0.15, 0.2) is 5.78 Å². The van der Waals surface area contributed by atoms with Crippen LogP contribution in [0.3, 0.4) is 0 Å². The third-order valence-corrected chi connectivity index (χ3v) is 5.69. The molecule has 0 aliphatic rings. The molecule has 0 fully saturated rings. The smallest absolute Gasteiger partial charge is 0.407 e. The van der Waals surface area contributed by atoms with E-state index in [2.05, 4.69) is 10.6 Å². The monoisotopic (exact) mass is 563 g/mol. The van der Waals surface area contributed by atoms with Gasteiger partial charge in [-0.2, -0.15) is 0 Å². The molecule has 4 N–H and O–H groups in total. The fourth-order valence-corrected chi connectivity index (χ4v) is 3.80. The molecule has 0 aromatic heterocycles. The highest BCUT2D eigenvalue weighted by Gasteiger charge is 2.22. The van der Waals surface area contributed by atoms with Gasteiger partial charge < -0.3 is 35.3 Å². The standard InChI is InChI=1S/C31H37N3O7/c1-6-39-22-15-16-23(26(19-22)40-18-8-17-33-30(37)41-31(2,3)4)28(35)24-9-7-10-25(32)27(24)34-29(36)20-11-13-21(38-5)14-12-20/h7,9-16,19H,6,8,17-18,32H2,1-5H3,(H,33,37)(H,34,36). The van der Waals surface area contributed by atoms with Crippen molar-refractivity contribution in [3.8, 4) is 17.2 Å². The minimum atomic E-state index is -0.594. The fourth-order valence-electron chi connectivity index (χ4n) is 3.80. The molecule has 3 aromatic rings. The van der Waals surface area contributed by atoms with Gasteiger partial charge in [0.1, 0.15) is 22.8 Å². The first-order valence-electron chi connectivity index (χ1n) is 13.3. The van der Waals surface area contributed by atoms with Crippen molar-refractivity contribution in [3.05, 3.63) is 77.4 Å². The van der Waals surface area contributed by atoms with E-state index < -0.39 is 23.4 Å². The number of methoxy groups -OCH3 is 1. The summed E-state index contributed by atoms with van der Waals surface area (Å²) in [4.78, 5) is 38.7. The highest BCUT2D eigenvalue weighted by atomic mass is 16.6. The normalized spacial score (nSPS) is 10.9. The molecule has 0 aliphatic heterocycles. The summed E-state index contributed by atoms with van der Waals surface area (Å²) in [5.41, 5.74) is 6.88. The number of para-hydroxylation sites is 1. The Morgan fingerprint density at radius 3 is 2.27 bits per heavy atom. The molecule has 0 atom stereocenters. The molecule has 218 valence electrons. The number of ether oxygens (including phenoxy) is 4. The van der Waals surface area contributed by atoms with Gasteiger partial charge in [-0.05, 0) is 82.6 Å². The summed E-state index contributed by atoms with van der Waals surface area (Å²) < 4.78 is 22.0. The predicted molar refractivity (Wildman–Crippen MR) is 157 cm³/mol. The number of hydrogen-bond acceptors (Lipinski definition) is 8. The Kier molecular flexibility index (Phi) is 10.6. The van der Waals surface area contributed by atoms with Gasteiger partial charge in [-0.3, -0.25) is 9.59 Å². The first-order valence-corrected chi connectivity index (χ1v) is 13.3. The lowest BCUT2D eigenvalue weighted by Gasteiger charge is -2.19. The number of hydrogen-bond donors (Lipinski definition) is 3. The molecule has 3 aromatic carbocycles. The van der Waals surface area contributed by atoms with Crippen molar-refractivity contribution in [1.82, 2.24) is 5.32 Å². The first kappa shape index (κ1) is 30.8. The van der Waals surface area contributed by atoms with Crippen LogP contribution in [0.25, 0.3) is 0 Å². The van der Waals surface area contributed by atoms with Gasteiger partial charge in [-0.1, -0.05) is 6.07 Å². The van der Waals surface area contributed by atoms with E-state index in [4.69, 9.17) is 24.7 Å². The van der Waals surface area contributed by atoms with E-state index in [9.17, 15) is 14.4 Å². The molecule has 0 bridgehead atoms. The highest BCUT2D eigenvalue weighted by Crippen LogP contribution is 2.32. The Morgan fingerprint density at radius 1 is 0.902 bits per heavy atom. The van der Waals surface area contributed by atoms with E-state index in [0.29, 0.717) is 42.4 Å². The van der Waals surface area contributed by atoms with Gasteiger partial charge in [0.25, 0.3) is 5.91 Å². The zero-order valence-corrected chi connectivity index (χ0v) is 24.0. The maximum atomic E-state index is 13.8. The van der Waals surface area contributed by atoms with Crippen LogP contribution in [0.2, 0.25) is 0 Å². The Bertz CT molecular complexity index is 1370. The second-order valence-electron chi connectivity index (χ2n) is 10.0. The van der Waals surface area contributed by atoms with Crippen molar-refractivity contribution in [3.63, 3.8) is 0 Å². The molecule has 10 heteroatoms. The van der Waals surface area contributed by atoms with Crippen molar-refractivity contribution < 1.29 is 33.3 Å². The number of benzene rings is 3. The summed E-state index contributed by atoms with van der Waals surface area (Å²) in [6.07, 6.45) is -0.0507. The van der Waals surface area contributed by atoms with E-state index in [1.807, 2.05) is 6.92 Å². The highest BCUT2D eigenvalue weighted by molar-refractivity contribution is 6.18. The van der Waals surface area contributed by atoms with Gasteiger partial charge in [0, 0.05) is 23.7 Å². The number of alkyl carbamates (subject to hydrolysis) is 1. The summed E-state index contributed by atoms with van der Waals surface area (Å²) in [5, 5.41) is 5.46. The number of amides is 2. The maximum Gasteiger partial charge on any atom is 0.407 e. The molecular weight excluding hydrogens is 526 g/mol. The Morgan fingerprint density at radius 2 is 1.61 bits per heavy atom. The third-order valence-electron chi connectivity index (χ3n) is 5.69. The Balaban J connectivity index is 1.80. The summed E-state index contributed by atoms with van der Waals surface area (Å²) >= 11 is 0. The molecule has 0 saturated carbocycles. The molecule has 41 heavy (non-hydrogen) atoms. The van der Waals surface area contributed by atoms with Crippen molar-refractivity contribution >= 4 is 29.2 Å². The van der Waals surface area contributed by atoms with Crippen LogP contribution < -0.4 is 30.6 Å². The molecule has 0 aliphatic carbocycles. The van der Waals surface area contributed by atoms with Crippen LogP contribution in [0.4, 0.5) is 16.2 Å². The minimum absolute atomic E-state index is 0.194. The van der Waals surface area contributed by atoms with E-state index in [1.54, 1.807) is 81.4 Å². The van der Waals surface area contributed by atoms with Gasteiger partial charge in [0.2, 0.25) is 0 Å². The van der Waals surface area contributed by atoms with Crippen LogP contribution in [-0.4, -0.2) is 50.3 Å². The number of nitrogen functional groups attached to an aromatic ring is 1. The molecule has 0 saturated heterocycles. The molecule has 2 amide bonds. The predicted octanol–water partition coefficient (Wildman–Crippen LogP) is 5.45. The second-order valence-corrected chi connectivity index (χ2v) is 10.0. The molecule has 0 heterocycles. The Labute approximate surface area is 240 Å². The number of carbonyl (C=O) groups excluding carboxylic acids is 3. The summed E-state index contributed by atoms with van der Waals surface area (Å²) in [7, 11) is 1.54. The molecule has 10 nitrogen and oxygen atoms in total. The average Bonchev–Trinajstić information content (AvgIpc) is 2.93. The largest absolute Gasteiger partial charge is 0.497 e. The quantitative estimate of drug-likeness (QED) is 0.150. The van der Waals surface area contributed by atoms with Crippen molar-refractivity contribution in [2.75, 3.05) is 37.9 Å². The maximum absolute atomic E-state index is 13.8. The van der Waals surface area contributed by atoms with Crippen LogP contribution in [0.15, 0.2) is 60.7 Å². The van der Waals surface area contributed by atoms with Gasteiger partial charge in [0.05, 0.1) is 37.3 Å². The summed E-state index contributed by atoms with van der Waals surface area (Å²) in [6.45, 7) is 8.18. The van der Waals surface area contributed by atoms with Crippen LogP contribution in [0.1, 0.15) is 60.4 Å². The zero-order valence-electron chi connectivity index (χ0n) is 24.0. The van der Waals surface area contributed by atoms with Crippen molar-refractivity contribution in [2.45, 2.75) is 39.7 Å². The zero-order chi connectivity index (χ0) is 30.0. The van der Waals surface area contributed by atoms with E-state index in [1.165, 1.54) is 7.11 Å². The van der Waals surface area contributed by atoms with Crippen LogP contribution in [0.5, 0.6) is 17.2 Å². The lowest BCUT2D eigenvalue weighted by molar-refractivity contribution is 0.0525. The van der Waals surface area contributed by atoms with E-state index in [0.717, 1.165) is 0 Å². The molecule has 0 unspecified atom stereocenters. The lowest BCUT2D eigenvalue weighted by Crippen LogP contribution is -2.33. The molecule has 0 spiro atoms. The third kappa shape index (κ3) is 8.89. The SMILES string of the molecule is CCOc1ccc(C(=O)c2cccc(N)c2NC(=O)c2ccc(OC)cc2)c(OCCCNC(=O)OC(C)(C)C)c1. The van der Waals surface area contributed by atoms with E-state index in [-0.39, 0.29) is 29.1 Å². The Hall–Kier alpha value is -4.73. The van der Waals surface area contributed by atoms with Crippen molar-refractivity contribution in [1.29, 1.82) is 0 Å².